The molecule has 0 unspecified atom stereocenters. The van der Waals surface area contributed by atoms with Crippen molar-refractivity contribution in [2.24, 2.45) is 0 Å². The molecule has 1 saturated heterocycles. The van der Waals surface area contributed by atoms with E-state index < -0.39 is 0 Å². The van der Waals surface area contributed by atoms with Gasteiger partial charge in [-0.25, -0.2) is 4.79 Å². The van der Waals surface area contributed by atoms with Crippen LogP contribution in [0.3, 0.4) is 0 Å². The molecule has 1 aromatic carbocycles. The van der Waals surface area contributed by atoms with Crippen LogP contribution < -0.4 is 10.2 Å². The third-order valence-corrected chi connectivity index (χ3v) is 4.72. The van der Waals surface area contributed by atoms with Crippen LogP contribution in [0.1, 0.15) is 22.6 Å². The zero-order chi connectivity index (χ0) is 18.8. The maximum Gasteiger partial charge on any atom is 0.327 e. The Bertz CT molecular complexity index is 913. The number of nitrogens with one attached hydrogen (secondary N) is 1. The van der Waals surface area contributed by atoms with E-state index in [1.54, 1.807) is 20.7 Å². The van der Waals surface area contributed by atoms with E-state index >= 15 is 0 Å². The van der Waals surface area contributed by atoms with Crippen LogP contribution in [0.5, 0.6) is 0 Å². The van der Waals surface area contributed by atoms with Gasteiger partial charge in [-0.2, -0.15) is 5.10 Å². The molecule has 0 aliphatic carbocycles. The van der Waals surface area contributed by atoms with Gasteiger partial charge >= 0.3 is 6.03 Å². The van der Waals surface area contributed by atoms with E-state index in [4.69, 9.17) is 4.52 Å². The maximum absolute atomic E-state index is 12.9. The minimum Gasteiger partial charge on any atom is -0.361 e. The summed E-state index contributed by atoms with van der Waals surface area (Å²) in [6.07, 6.45) is 3.58. The number of anilines is 1. The van der Waals surface area contributed by atoms with Crippen LogP contribution in [0.4, 0.5) is 10.5 Å². The van der Waals surface area contributed by atoms with Gasteiger partial charge in [0.25, 0.3) is 0 Å². The van der Waals surface area contributed by atoms with Crippen molar-refractivity contribution in [2.75, 3.05) is 18.2 Å². The summed E-state index contributed by atoms with van der Waals surface area (Å²) >= 11 is 0. The number of urea groups is 1. The summed E-state index contributed by atoms with van der Waals surface area (Å²) < 4.78 is 7.00. The molecule has 0 bridgehead atoms. The zero-order valence-corrected chi connectivity index (χ0v) is 15.4. The summed E-state index contributed by atoms with van der Waals surface area (Å²) in [6.45, 7) is 5.91. The second kappa shape index (κ2) is 7.24. The normalized spacial score (nSPS) is 14.8. The lowest BCUT2D eigenvalue weighted by atomic mass is 10.2. The predicted octanol–water partition coefficient (Wildman–Crippen LogP) is 2.48. The first kappa shape index (κ1) is 17.3. The minimum atomic E-state index is -0.0329. The monoisotopic (exact) mass is 366 g/mol. The molecular formula is C19H22N6O2. The van der Waals surface area contributed by atoms with E-state index in [-0.39, 0.29) is 6.03 Å². The first-order chi connectivity index (χ1) is 13.1. The van der Waals surface area contributed by atoms with E-state index in [0.717, 1.165) is 28.3 Å². The minimum absolute atomic E-state index is 0.0329. The summed E-state index contributed by atoms with van der Waals surface area (Å²) in [5.41, 5.74) is 3.73. The smallest absolute Gasteiger partial charge is 0.327 e. The van der Waals surface area contributed by atoms with Gasteiger partial charge in [0, 0.05) is 18.3 Å². The van der Waals surface area contributed by atoms with Crippen molar-refractivity contribution in [1.82, 2.24) is 25.2 Å². The lowest BCUT2D eigenvalue weighted by Crippen LogP contribution is -2.56. The number of carbonyl (C=O) groups excluding carboxylic acids is 1. The van der Waals surface area contributed by atoms with Gasteiger partial charge < -0.3 is 9.42 Å². The van der Waals surface area contributed by atoms with Crippen LogP contribution in [0, 0.1) is 13.8 Å². The van der Waals surface area contributed by atoms with Gasteiger partial charge in [-0.15, -0.1) is 0 Å². The second-order valence-electron chi connectivity index (χ2n) is 6.66. The number of benzene rings is 1. The number of hydrogen-bond acceptors (Lipinski definition) is 5. The van der Waals surface area contributed by atoms with Gasteiger partial charge in [-0.05, 0) is 19.4 Å². The van der Waals surface area contributed by atoms with Gasteiger partial charge in [0.05, 0.1) is 37.5 Å². The first-order valence-corrected chi connectivity index (χ1v) is 8.87. The fourth-order valence-electron chi connectivity index (χ4n) is 3.20. The number of aryl methyl sites for hydroxylation is 2. The molecular weight excluding hydrogens is 344 g/mol. The third kappa shape index (κ3) is 3.56. The van der Waals surface area contributed by atoms with E-state index in [0.29, 0.717) is 26.4 Å². The van der Waals surface area contributed by atoms with Gasteiger partial charge in [-0.3, -0.25) is 14.9 Å². The second-order valence-corrected chi connectivity index (χ2v) is 6.66. The lowest BCUT2D eigenvalue weighted by Gasteiger charge is -2.35. The van der Waals surface area contributed by atoms with Gasteiger partial charge in [0.15, 0.2) is 0 Å². The zero-order valence-electron chi connectivity index (χ0n) is 15.4. The quantitative estimate of drug-likeness (QED) is 0.750. The van der Waals surface area contributed by atoms with Gasteiger partial charge in [0.1, 0.15) is 5.76 Å². The molecule has 1 fully saturated rings. The van der Waals surface area contributed by atoms with Crippen molar-refractivity contribution in [2.45, 2.75) is 26.9 Å². The SMILES string of the molecule is Cc1noc(C)c1Cn1cc(N2CNCN(Cc3ccccc3)C2=O)cn1. The van der Waals surface area contributed by atoms with Crippen LogP contribution in [0.15, 0.2) is 47.2 Å². The summed E-state index contributed by atoms with van der Waals surface area (Å²) in [7, 11) is 0. The van der Waals surface area contributed by atoms with Gasteiger partial charge in [0.2, 0.25) is 0 Å². The number of aromatic nitrogens is 3. The lowest BCUT2D eigenvalue weighted by molar-refractivity contribution is 0.185. The first-order valence-electron chi connectivity index (χ1n) is 8.87. The molecule has 8 nitrogen and oxygen atoms in total. The average molecular weight is 366 g/mol. The molecule has 8 heteroatoms. The van der Waals surface area contributed by atoms with E-state index in [9.17, 15) is 4.79 Å². The summed E-state index contributed by atoms with van der Waals surface area (Å²) in [4.78, 5) is 16.4. The Morgan fingerprint density at radius 2 is 1.96 bits per heavy atom. The Hall–Kier alpha value is -3.13. The largest absolute Gasteiger partial charge is 0.361 e. The van der Waals surface area contributed by atoms with E-state index in [1.165, 1.54) is 0 Å². The number of hydrogen-bond donors (Lipinski definition) is 1. The molecule has 0 saturated carbocycles. The Morgan fingerprint density at radius 3 is 2.70 bits per heavy atom. The molecule has 4 rings (SSSR count). The predicted molar refractivity (Wildman–Crippen MR) is 100 cm³/mol. The summed E-state index contributed by atoms with van der Waals surface area (Å²) in [5, 5.41) is 11.6. The molecule has 0 spiro atoms. The number of amides is 2. The highest BCUT2D eigenvalue weighted by Gasteiger charge is 2.27. The number of nitrogens with zero attached hydrogens (tertiary/aromatic N) is 5. The van der Waals surface area contributed by atoms with E-state index in [2.05, 4.69) is 15.6 Å². The standard InChI is InChI=1S/C19H22N6O2/c1-14-18(15(2)27-22-14)11-24-10-17(8-21-24)25-13-20-12-23(19(25)26)9-16-6-4-3-5-7-16/h3-8,10,20H,9,11-13H2,1-2H3. The number of rotatable bonds is 5. The fraction of sp³-hybridized carbons (Fsp3) is 0.316. The molecule has 140 valence electrons. The van der Waals surface area contributed by atoms with Crippen LogP contribution in [-0.4, -0.2) is 39.2 Å². The van der Waals surface area contributed by atoms with Crippen molar-refractivity contribution >= 4 is 11.7 Å². The molecule has 0 atom stereocenters. The van der Waals surface area contributed by atoms with Crippen LogP contribution in [-0.2, 0) is 13.1 Å². The Labute approximate surface area is 157 Å². The van der Waals surface area contributed by atoms with Crippen LogP contribution >= 0.6 is 0 Å². The summed E-state index contributed by atoms with van der Waals surface area (Å²) in [6, 6.07) is 9.94. The van der Waals surface area contributed by atoms with Crippen LogP contribution in [0.25, 0.3) is 0 Å². The molecule has 1 N–H and O–H groups in total. The maximum atomic E-state index is 12.9. The number of carbonyl (C=O) groups is 1. The van der Waals surface area contributed by atoms with Gasteiger partial charge in [-0.1, -0.05) is 35.5 Å². The molecule has 3 aromatic rings. The highest BCUT2D eigenvalue weighted by atomic mass is 16.5. The van der Waals surface area contributed by atoms with E-state index in [1.807, 2.05) is 50.4 Å². The molecule has 3 heterocycles. The molecule has 2 amide bonds. The molecule has 0 radical (unpaired) electrons. The van der Waals surface area contributed by atoms with Crippen molar-refractivity contribution in [1.29, 1.82) is 0 Å². The van der Waals surface area contributed by atoms with Crippen molar-refractivity contribution < 1.29 is 9.32 Å². The molecule has 1 aliphatic heterocycles. The third-order valence-electron chi connectivity index (χ3n) is 4.72. The van der Waals surface area contributed by atoms with Crippen LogP contribution in [0.2, 0.25) is 0 Å². The summed E-state index contributed by atoms with van der Waals surface area (Å²) in [5.74, 6) is 0.786. The van der Waals surface area contributed by atoms with Crippen molar-refractivity contribution in [3.05, 3.63) is 65.3 Å². The Balaban J connectivity index is 1.48. The molecule has 2 aromatic heterocycles. The molecule has 27 heavy (non-hydrogen) atoms. The fourth-order valence-corrected chi connectivity index (χ4v) is 3.20. The molecule has 1 aliphatic rings. The topological polar surface area (TPSA) is 79.4 Å². The highest BCUT2D eigenvalue weighted by Crippen LogP contribution is 2.20. The van der Waals surface area contributed by atoms with Crippen molar-refractivity contribution in [3.63, 3.8) is 0 Å². The average Bonchev–Trinajstić information content (AvgIpc) is 3.26. The Morgan fingerprint density at radius 1 is 1.15 bits per heavy atom. The highest BCUT2D eigenvalue weighted by molar-refractivity contribution is 5.92. The van der Waals surface area contributed by atoms with Crippen molar-refractivity contribution in [3.8, 4) is 0 Å². The Kier molecular flexibility index (Phi) is 4.64.